The number of hydrogen-bond donors (Lipinski definition) is 0. The van der Waals surface area contributed by atoms with Crippen molar-refractivity contribution < 1.29 is 13.6 Å². The third kappa shape index (κ3) is 1.63. The zero-order valence-electron chi connectivity index (χ0n) is 6.30. The SMILES string of the molecule is CC(C)(F)c1ncc(C=O)o1. The number of nitrogens with zero attached hydrogens (tertiary/aromatic N) is 1. The van der Waals surface area contributed by atoms with Crippen LogP contribution in [0.5, 0.6) is 0 Å². The summed E-state index contributed by atoms with van der Waals surface area (Å²) in [6, 6.07) is 0. The molecular weight excluding hydrogens is 149 g/mol. The summed E-state index contributed by atoms with van der Waals surface area (Å²) in [4.78, 5) is 13.7. The number of hydrogen-bond acceptors (Lipinski definition) is 3. The van der Waals surface area contributed by atoms with Crippen molar-refractivity contribution in [3.8, 4) is 0 Å². The van der Waals surface area contributed by atoms with Gasteiger partial charge in [0.05, 0.1) is 6.20 Å². The van der Waals surface area contributed by atoms with E-state index in [2.05, 4.69) is 4.98 Å². The van der Waals surface area contributed by atoms with Gasteiger partial charge in [-0.05, 0) is 13.8 Å². The Labute approximate surface area is 63.2 Å². The molecule has 0 fully saturated rings. The molecule has 0 aliphatic carbocycles. The first-order valence-electron chi connectivity index (χ1n) is 3.14. The van der Waals surface area contributed by atoms with Gasteiger partial charge in [0.25, 0.3) is 0 Å². The predicted octanol–water partition coefficient (Wildman–Crippen LogP) is 1.69. The fourth-order valence-corrected chi connectivity index (χ4v) is 0.616. The van der Waals surface area contributed by atoms with E-state index in [4.69, 9.17) is 4.42 Å². The molecule has 4 heteroatoms. The van der Waals surface area contributed by atoms with Crippen molar-refractivity contribution in [2.45, 2.75) is 19.5 Å². The molecule has 0 aliphatic rings. The monoisotopic (exact) mass is 157 g/mol. The normalized spacial score (nSPS) is 11.5. The summed E-state index contributed by atoms with van der Waals surface area (Å²) in [6.45, 7) is 2.63. The van der Waals surface area contributed by atoms with Gasteiger partial charge in [0.2, 0.25) is 5.89 Å². The lowest BCUT2D eigenvalue weighted by Crippen LogP contribution is -2.08. The average Bonchev–Trinajstić information content (AvgIpc) is 2.32. The zero-order chi connectivity index (χ0) is 8.48. The van der Waals surface area contributed by atoms with Crippen LogP contribution in [0, 0.1) is 0 Å². The lowest BCUT2D eigenvalue weighted by molar-refractivity contribution is 0.108. The number of halogens is 1. The van der Waals surface area contributed by atoms with Crippen molar-refractivity contribution in [2.75, 3.05) is 0 Å². The molecule has 1 rings (SSSR count). The quantitative estimate of drug-likeness (QED) is 0.613. The topological polar surface area (TPSA) is 43.1 Å². The molecule has 0 saturated carbocycles. The molecule has 60 valence electrons. The maximum absolute atomic E-state index is 13.0. The van der Waals surface area contributed by atoms with Crippen LogP contribution >= 0.6 is 0 Å². The summed E-state index contributed by atoms with van der Waals surface area (Å²) in [5.74, 6) is -0.0228. The molecule has 0 N–H and O–H groups in total. The highest BCUT2D eigenvalue weighted by Crippen LogP contribution is 2.22. The van der Waals surface area contributed by atoms with Crippen molar-refractivity contribution in [1.82, 2.24) is 4.98 Å². The van der Waals surface area contributed by atoms with E-state index in [-0.39, 0.29) is 11.7 Å². The molecule has 3 nitrogen and oxygen atoms in total. The Hall–Kier alpha value is -1.19. The van der Waals surface area contributed by atoms with Gasteiger partial charge in [-0.1, -0.05) is 0 Å². The Bertz CT molecular complexity index is 262. The van der Waals surface area contributed by atoms with Crippen LogP contribution in [0.25, 0.3) is 0 Å². The summed E-state index contributed by atoms with van der Waals surface area (Å²) in [7, 11) is 0. The van der Waals surface area contributed by atoms with E-state index in [1.165, 1.54) is 20.0 Å². The second-order valence-corrected chi connectivity index (χ2v) is 2.66. The smallest absolute Gasteiger partial charge is 0.232 e. The molecular formula is C7H8FNO2. The molecule has 0 unspecified atom stereocenters. The van der Waals surface area contributed by atoms with Crippen molar-refractivity contribution in [2.24, 2.45) is 0 Å². The molecule has 0 bridgehead atoms. The molecule has 0 atom stereocenters. The van der Waals surface area contributed by atoms with Crippen molar-refractivity contribution in [3.05, 3.63) is 17.8 Å². The van der Waals surface area contributed by atoms with Gasteiger partial charge in [-0.25, -0.2) is 9.37 Å². The Kier molecular flexibility index (Phi) is 1.76. The Morgan fingerprint density at radius 2 is 2.36 bits per heavy atom. The first-order valence-corrected chi connectivity index (χ1v) is 3.14. The van der Waals surface area contributed by atoms with Gasteiger partial charge < -0.3 is 4.42 Å². The highest BCUT2D eigenvalue weighted by molar-refractivity contribution is 5.69. The third-order valence-corrected chi connectivity index (χ3v) is 1.15. The van der Waals surface area contributed by atoms with Crippen molar-refractivity contribution >= 4 is 6.29 Å². The van der Waals surface area contributed by atoms with Crippen LogP contribution < -0.4 is 0 Å². The van der Waals surface area contributed by atoms with E-state index < -0.39 is 5.67 Å². The lowest BCUT2D eigenvalue weighted by Gasteiger charge is -2.06. The first-order chi connectivity index (χ1) is 5.04. The molecule has 0 amide bonds. The van der Waals surface area contributed by atoms with Crippen LogP contribution in [0.2, 0.25) is 0 Å². The first kappa shape index (κ1) is 7.91. The molecule has 1 heterocycles. The van der Waals surface area contributed by atoms with Crippen LogP contribution in [-0.4, -0.2) is 11.3 Å². The number of oxazole rings is 1. The van der Waals surface area contributed by atoms with Crippen molar-refractivity contribution in [3.63, 3.8) is 0 Å². The second-order valence-electron chi connectivity index (χ2n) is 2.66. The van der Waals surface area contributed by atoms with Crippen molar-refractivity contribution in [1.29, 1.82) is 0 Å². The largest absolute Gasteiger partial charge is 0.434 e. The van der Waals surface area contributed by atoms with E-state index in [0.29, 0.717) is 6.29 Å². The molecule has 0 saturated heterocycles. The third-order valence-electron chi connectivity index (χ3n) is 1.15. The maximum Gasteiger partial charge on any atom is 0.232 e. The Balaban J connectivity index is 2.98. The summed E-state index contributed by atoms with van der Waals surface area (Å²) < 4.78 is 17.7. The van der Waals surface area contributed by atoms with E-state index in [1.807, 2.05) is 0 Å². The highest BCUT2D eigenvalue weighted by atomic mass is 19.1. The number of alkyl halides is 1. The van der Waals surface area contributed by atoms with Gasteiger partial charge in [0.15, 0.2) is 17.7 Å². The number of aldehydes is 1. The minimum Gasteiger partial charge on any atom is -0.434 e. The van der Waals surface area contributed by atoms with E-state index in [1.54, 1.807) is 0 Å². The fraction of sp³-hybridized carbons (Fsp3) is 0.429. The molecule has 0 spiro atoms. The summed E-state index contributed by atoms with van der Waals surface area (Å²) in [6.07, 6.45) is 1.69. The maximum atomic E-state index is 13.0. The Morgan fingerprint density at radius 1 is 1.73 bits per heavy atom. The Morgan fingerprint density at radius 3 is 2.64 bits per heavy atom. The lowest BCUT2D eigenvalue weighted by atomic mass is 10.2. The van der Waals surface area contributed by atoms with E-state index >= 15 is 0 Å². The number of carbonyl (C=O) groups is 1. The van der Waals surface area contributed by atoms with Crippen LogP contribution in [0.1, 0.15) is 30.3 Å². The van der Waals surface area contributed by atoms with E-state index in [9.17, 15) is 9.18 Å². The van der Waals surface area contributed by atoms with E-state index in [0.717, 1.165) is 0 Å². The molecule has 0 aliphatic heterocycles. The molecule has 1 aromatic rings. The minimum absolute atomic E-state index is 0.0470. The van der Waals surface area contributed by atoms with Crippen LogP contribution in [0.4, 0.5) is 4.39 Å². The van der Waals surface area contributed by atoms with Gasteiger partial charge in [0, 0.05) is 0 Å². The van der Waals surface area contributed by atoms with Crippen LogP contribution in [0.15, 0.2) is 10.6 Å². The second kappa shape index (κ2) is 2.45. The number of rotatable bonds is 2. The van der Waals surface area contributed by atoms with Crippen LogP contribution in [-0.2, 0) is 5.67 Å². The summed E-state index contributed by atoms with van der Waals surface area (Å²) in [5, 5.41) is 0. The van der Waals surface area contributed by atoms with Gasteiger partial charge in [-0.2, -0.15) is 0 Å². The number of carbonyl (C=O) groups excluding carboxylic acids is 1. The molecule has 11 heavy (non-hydrogen) atoms. The molecule has 0 aromatic carbocycles. The zero-order valence-corrected chi connectivity index (χ0v) is 6.30. The average molecular weight is 157 g/mol. The van der Waals surface area contributed by atoms with Gasteiger partial charge in [-0.3, -0.25) is 4.79 Å². The minimum atomic E-state index is -1.62. The van der Waals surface area contributed by atoms with Gasteiger partial charge in [-0.15, -0.1) is 0 Å². The van der Waals surface area contributed by atoms with Crippen LogP contribution in [0.3, 0.4) is 0 Å². The predicted molar refractivity (Wildman–Crippen MR) is 36.0 cm³/mol. The standard InChI is InChI=1S/C7H8FNO2/c1-7(2,8)6-9-3-5(4-10)11-6/h3-4H,1-2H3. The fourth-order valence-electron chi connectivity index (χ4n) is 0.616. The molecule has 0 radical (unpaired) electrons. The summed E-state index contributed by atoms with van der Waals surface area (Å²) in [5.41, 5.74) is -1.62. The number of aromatic nitrogens is 1. The van der Waals surface area contributed by atoms with Gasteiger partial charge >= 0.3 is 0 Å². The molecule has 1 aromatic heterocycles. The summed E-state index contributed by atoms with van der Waals surface area (Å²) >= 11 is 0. The highest BCUT2D eigenvalue weighted by Gasteiger charge is 2.24. The van der Waals surface area contributed by atoms with Gasteiger partial charge in [0.1, 0.15) is 0 Å².